The third-order valence-electron chi connectivity index (χ3n) is 4.74. The first kappa shape index (κ1) is 24.7. The molecular formula is C22H22ClFNNaO4. The number of aromatic carboxylic acids is 1. The Kier molecular flexibility index (Phi) is 9.19. The molecule has 1 heterocycles. The fourth-order valence-electron chi connectivity index (χ4n) is 3.32. The van der Waals surface area contributed by atoms with Crippen LogP contribution in [0, 0.1) is 5.92 Å². The summed E-state index contributed by atoms with van der Waals surface area (Å²) in [7, 11) is 0. The van der Waals surface area contributed by atoms with Crippen LogP contribution in [0.15, 0.2) is 42.6 Å². The van der Waals surface area contributed by atoms with Crippen molar-refractivity contribution in [1.82, 2.24) is 4.57 Å². The summed E-state index contributed by atoms with van der Waals surface area (Å²) in [4.78, 5) is 11.6. The molecular weight excluding hydrogens is 420 g/mol. The van der Waals surface area contributed by atoms with Gasteiger partial charge in [0, 0.05) is 45.8 Å². The molecule has 154 valence electrons. The van der Waals surface area contributed by atoms with Gasteiger partial charge in [0.05, 0.1) is 25.8 Å². The Hall–Kier alpha value is -1.57. The number of ether oxygens (including phenoxy) is 1. The molecule has 0 amide bonds. The number of aliphatic hydroxyl groups excluding tert-OH is 1. The molecule has 0 aliphatic rings. The summed E-state index contributed by atoms with van der Waals surface area (Å²) in [5.74, 6) is -0.899. The average molecular weight is 442 g/mol. The van der Waals surface area contributed by atoms with Gasteiger partial charge in [-0.2, -0.15) is 0 Å². The molecule has 0 saturated heterocycles. The number of carbonyl (C=O) groups is 1. The Labute approximate surface area is 201 Å². The van der Waals surface area contributed by atoms with Crippen molar-refractivity contribution >= 4 is 28.5 Å². The van der Waals surface area contributed by atoms with E-state index in [-0.39, 0.29) is 54.3 Å². The van der Waals surface area contributed by atoms with E-state index in [1.54, 1.807) is 31.2 Å². The summed E-state index contributed by atoms with van der Waals surface area (Å²) in [6.45, 7) is 1.80. The molecule has 2 aromatic carbocycles. The van der Waals surface area contributed by atoms with Crippen molar-refractivity contribution in [2.45, 2.75) is 19.9 Å². The van der Waals surface area contributed by atoms with E-state index in [9.17, 15) is 19.4 Å². The maximum atomic E-state index is 12.8. The van der Waals surface area contributed by atoms with Crippen molar-refractivity contribution in [3.8, 4) is 5.75 Å². The molecule has 1 unspecified atom stereocenters. The van der Waals surface area contributed by atoms with Gasteiger partial charge in [-0.1, -0.05) is 30.7 Å². The number of hydrogen-bond donors (Lipinski definition) is 1. The number of carboxylic acid groups (broad SMARTS) is 1. The topological polar surface area (TPSA) is 74.5 Å². The first-order valence-electron chi connectivity index (χ1n) is 9.34. The van der Waals surface area contributed by atoms with Gasteiger partial charge in [-0.25, -0.2) is 0 Å². The number of fused-ring (bicyclic) bond motifs is 1. The molecule has 0 aliphatic carbocycles. The van der Waals surface area contributed by atoms with Crippen LogP contribution >= 0.6 is 11.6 Å². The number of aliphatic hydroxyl groups is 1. The second kappa shape index (κ2) is 11.2. The Morgan fingerprint density at radius 3 is 2.73 bits per heavy atom. The number of carboxylic acids is 1. The van der Waals surface area contributed by atoms with E-state index in [0.29, 0.717) is 34.6 Å². The molecule has 1 aromatic heterocycles. The van der Waals surface area contributed by atoms with E-state index in [1.807, 2.05) is 16.8 Å². The van der Waals surface area contributed by atoms with Crippen LogP contribution in [0.5, 0.6) is 5.75 Å². The molecule has 0 radical (unpaired) electrons. The number of carbonyl (C=O) groups excluding carboxylic acids is 1. The van der Waals surface area contributed by atoms with Gasteiger partial charge >= 0.3 is 29.6 Å². The number of rotatable bonds is 9. The molecule has 0 aliphatic heterocycles. The monoisotopic (exact) mass is 441 g/mol. The average Bonchev–Trinajstić information content (AvgIpc) is 3.04. The van der Waals surface area contributed by atoms with Gasteiger partial charge in [-0.05, 0) is 36.2 Å². The number of benzene rings is 2. The van der Waals surface area contributed by atoms with E-state index in [1.165, 1.54) is 6.07 Å². The van der Waals surface area contributed by atoms with E-state index in [4.69, 9.17) is 16.3 Å². The minimum absolute atomic E-state index is 0. The number of nitrogens with zero attached hydrogens (tertiary/aromatic N) is 1. The Morgan fingerprint density at radius 2 is 2.07 bits per heavy atom. The minimum atomic E-state index is -1.26. The number of aromatic nitrogens is 1. The van der Waals surface area contributed by atoms with Crippen LogP contribution in [-0.4, -0.2) is 35.5 Å². The SMILES string of the molecule is CC(CF)COc1ccc(Cl)cc1Cn1cc(CCO)c2c(C(=O)[O-])cccc21.[Na+]. The molecule has 3 rings (SSSR count). The van der Waals surface area contributed by atoms with Gasteiger partial charge in [0.25, 0.3) is 0 Å². The summed E-state index contributed by atoms with van der Waals surface area (Å²) in [5, 5.41) is 22.0. The number of halogens is 2. The fourth-order valence-corrected chi connectivity index (χ4v) is 3.52. The molecule has 3 aromatic rings. The Balaban J connectivity index is 0.00000320. The second-order valence-corrected chi connectivity index (χ2v) is 7.50. The van der Waals surface area contributed by atoms with Gasteiger partial charge < -0.3 is 24.3 Å². The molecule has 5 nitrogen and oxygen atoms in total. The zero-order valence-electron chi connectivity index (χ0n) is 17.0. The normalized spacial score (nSPS) is 11.9. The maximum Gasteiger partial charge on any atom is 1.00 e. The number of hydrogen-bond acceptors (Lipinski definition) is 4. The minimum Gasteiger partial charge on any atom is -0.545 e. The summed E-state index contributed by atoms with van der Waals surface area (Å²) in [5.41, 5.74) is 2.30. The molecule has 1 atom stereocenters. The molecule has 0 spiro atoms. The summed E-state index contributed by atoms with van der Waals surface area (Å²) >= 11 is 6.17. The third kappa shape index (κ3) is 5.56. The van der Waals surface area contributed by atoms with Crippen LogP contribution in [-0.2, 0) is 13.0 Å². The molecule has 30 heavy (non-hydrogen) atoms. The number of alkyl halides is 1. The summed E-state index contributed by atoms with van der Waals surface area (Å²) in [6, 6.07) is 10.2. The van der Waals surface area contributed by atoms with Gasteiger partial charge in [0.2, 0.25) is 0 Å². The predicted molar refractivity (Wildman–Crippen MR) is 108 cm³/mol. The van der Waals surface area contributed by atoms with Gasteiger partial charge in [-0.15, -0.1) is 0 Å². The first-order chi connectivity index (χ1) is 13.9. The van der Waals surface area contributed by atoms with Crippen molar-refractivity contribution in [1.29, 1.82) is 0 Å². The summed E-state index contributed by atoms with van der Waals surface area (Å²) in [6.07, 6.45) is 2.14. The molecule has 0 saturated carbocycles. The van der Waals surface area contributed by atoms with E-state index >= 15 is 0 Å². The zero-order chi connectivity index (χ0) is 21.0. The summed E-state index contributed by atoms with van der Waals surface area (Å²) < 4.78 is 20.5. The van der Waals surface area contributed by atoms with Crippen molar-refractivity contribution in [2.75, 3.05) is 19.9 Å². The predicted octanol–water partition coefficient (Wildman–Crippen LogP) is 0.230. The smallest absolute Gasteiger partial charge is 0.545 e. The van der Waals surface area contributed by atoms with E-state index in [0.717, 1.165) is 11.1 Å². The van der Waals surface area contributed by atoms with Crippen molar-refractivity contribution < 1.29 is 53.7 Å². The molecule has 8 heteroatoms. The van der Waals surface area contributed by atoms with Crippen molar-refractivity contribution in [3.05, 3.63) is 64.3 Å². The quantitative estimate of drug-likeness (QED) is 0.482. The zero-order valence-corrected chi connectivity index (χ0v) is 19.8. The van der Waals surface area contributed by atoms with Gasteiger partial charge in [-0.3, -0.25) is 4.39 Å². The Bertz CT molecular complexity index is 1020. The largest absolute Gasteiger partial charge is 1.00 e. The van der Waals surface area contributed by atoms with Crippen LogP contribution in [0.1, 0.15) is 28.4 Å². The van der Waals surface area contributed by atoms with Gasteiger partial charge in [0.15, 0.2) is 0 Å². The molecule has 0 bridgehead atoms. The maximum absolute atomic E-state index is 12.8. The fraction of sp³-hybridized carbons (Fsp3) is 0.318. The van der Waals surface area contributed by atoms with Crippen LogP contribution in [0.3, 0.4) is 0 Å². The second-order valence-electron chi connectivity index (χ2n) is 7.07. The molecule has 1 N–H and O–H groups in total. The van der Waals surface area contributed by atoms with Crippen molar-refractivity contribution in [2.24, 2.45) is 5.92 Å². The third-order valence-corrected chi connectivity index (χ3v) is 4.97. The van der Waals surface area contributed by atoms with Crippen molar-refractivity contribution in [3.63, 3.8) is 0 Å². The standard InChI is InChI=1S/C22H23ClFNO4.Na/c1-14(10-24)13-29-20-6-5-17(23)9-16(20)12-25-11-15(7-8-26)21-18(22(27)28)3-2-4-19(21)25;/h2-6,9,11,14,26H,7-8,10,12-13H2,1H3,(H,27,28);/q;+1/p-1. The van der Waals surface area contributed by atoms with Crippen LogP contribution < -0.4 is 39.4 Å². The van der Waals surface area contributed by atoms with Gasteiger partial charge in [0.1, 0.15) is 5.75 Å². The van der Waals surface area contributed by atoms with Crippen LogP contribution in [0.4, 0.5) is 4.39 Å². The van der Waals surface area contributed by atoms with E-state index < -0.39 is 12.6 Å². The first-order valence-corrected chi connectivity index (χ1v) is 9.72. The van der Waals surface area contributed by atoms with Crippen LogP contribution in [0.25, 0.3) is 10.9 Å². The van der Waals surface area contributed by atoms with Crippen LogP contribution in [0.2, 0.25) is 5.02 Å². The molecule has 0 fully saturated rings. The Morgan fingerprint density at radius 1 is 1.30 bits per heavy atom. The van der Waals surface area contributed by atoms with E-state index in [2.05, 4.69) is 0 Å².